The molecule has 1 aliphatic carbocycles. The summed E-state index contributed by atoms with van der Waals surface area (Å²) in [6, 6.07) is 1.76. The Morgan fingerprint density at radius 2 is 2.31 bits per heavy atom. The minimum atomic E-state index is 0.241. The number of nitrogens with one attached hydrogen (secondary N) is 1. The molecule has 0 aromatic carbocycles. The number of nitrogens with zero attached hydrogens (tertiary/aromatic N) is 2. The van der Waals surface area contributed by atoms with Gasteiger partial charge < -0.3 is 15.8 Å². The first-order chi connectivity index (χ1) is 7.78. The van der Waals surface area contributed by atoms with Crippen molar-refractivity contribution < 1.29 is 4.74 Å². The monoisotopic (exact) mass is 222 g/mol. The van der Waals surface area contributed by atoms with Crippen LogP contribution < -0.4 is 15.8 Å². The first-order valence-corrected chi connectivity index (χ1v) is 5.70. The van der Waals surface area contributed by atoms with Crippen molar-refractivity contribution in [3.8, 4) is 5.88 Å². The van der Waals surface area contributed by atoms with E-state index in [1.54, 1.807) is 13.2 Å². The van der Waals surface area contributed by atoms with E-state index in [1.807, 2.05) is 0 Å². The maximum Gasteiger partial charge on any atom is 0.225 e. The fourth-order valence-corrected chi connectivity index (χ4v) is 1.82. The Morgan fingerprint density at radius 1 is 1.50 bits per heavy atom. The van der Waals surface area contributed by atoms with Gasteiger partial charge in [0.05, 0.1) is 7.11 Å². The van der Waals surface area contributed by atoms with E-state index in [2.05, 4.69) is 15.3 Å². The van der Waals surface area contributed by atoms with Crippen LogP contribution in [0, 0.1) is 5.92 Å². The predicted octanol–water partition coefficient (Wildman–Crippen LogP) is 1.67. The van der Waals surface area contributed by atoms with Gasteiger partial charge in [0.25, 0.3) is 0 Å². The van der Waals surface area contributed by atoms with Crippen LogP contribution in [0.3, 0.4) is 0 Å². The van der Waals surface area contributed by atoms with Crippen LogP contribution in [0.5, 0.6) is 5.88 Å². The van der Waals surface area contributed by atoms with Gasteiger partial charge in [0.1, 0.15) is 5.82 Å². The Bertz CT molecular complexity index is 352. The highest BCUT2D eigenvalue weighted by Crippen LogP contribution is 2.29. The van der Waals surface area contributed by atoms with E-state index in [0.29, 0.717) is 5.88 Å². The van der Waals surface area contributed by atoms with Gasteiger partial charge in [0.15, 0.2) is 0 Å². The van der Waals surface area contributed by atoms with Gasteiger partial charge in [-0.1, -0.05) is 19.3 Å². The largest absolute Gasteiger partial charge is 0.481 e. The van der Waals surface area contributed by atoms with Crippen LogP contribution in [-0.2, 0) is 0 Å². The summed E-state index contributed by atoms with van der Waals surface area (Å²) in [6.45, 7) is 0.935. The van der Waals surface area contributed by atoms with Crippen LogP contribution in [0.2, 0.25) is 0 Å². The molecular formula is C11H18N4O. The normalized spacial score (nSPS) is 15.6. The molecule has 0 radical (unpaired) electrons. The van der Waals surface area contributed by atoms with E-state index in [4.69, 9.17) is 10.5 Å². The second kappa shape index (κ2) is 5.01. The molecule has 1 aromatic rings. The first-order valence-electron chi connectivity index (χ1n) is 5.70. The third-order valence-corrected chi connectivity index (χ3v) is 3.01. The molecule has 0 amide bonds. The molecule has 1 aliphatic rings. The molecule has 88 valence electrons. The van der Waals surface area contributed by atoms with Crippen molar-refractivity contribution in [3.05, 3.63) is 6.07 Å². The lowest BCUT2D eigenvalue weighted by Crippen LogP contribution is -2.16. The van der Waals surface area contributed by atoms with E-state index in [0.717, 1.165) is 18.3 Å². The van der Waals surface area contributed by atoms with Crippen LogP contribution >= 0.6 is 0 Å². The fraction of sp³-hybridized carbons (Fsp3) is 0.636. The smallest absolute Gasteiger partial charge is 0.225 e. The highest BCUT2D eigenvalue weighted by Gasteiger charge is 2.16. The first kappa shape index (κ1) is 11.0. The van der Waals surface area contributed by atoms with Crippen molar-refractivity contribution in [1.29, 1.82) is 0 Å². The Hall–Kier alpha value is -1.52. The summed E-state index contributed by atoms with van der Waals surface area (Å²) in [5.41, 5.74) is 5.56. The highest BCUT2D eigenvalue weighted by molar-refractivity contribution is 5.42. The van der Waals surface area contributed by atoms with Gasteiger partial charge in [0, 0.05) is 12.6 Å². The highest BCUT2D eigenvalue weighted by atomic mass is 16.5. The maximum atomic E-state index is 5.56. The summed E-state index contributed by atoms with van der Waals surface area (Å²) in [7, 11) is 1.57. The zero-order valence-electron chi connectivity index (χ0n) is 9.57. The summed E-state index contributed by atoms with van der Waals surface area (Å²) in [4.78, 5) is 8.03. The van der Waals surface area contributed by atoms with Gasteiger partial charge in [-0.3, -0.25) is 0 Å². The second-order valence-corrected chi connectivity index (χ2v) is 4.17. The number of anilines is 2. The van der Waals surface area contributed by atoms with Gasteiger partial charge in [-0.25, -0.2) is 0 Å². The zero-order chi connectivity index (χ0) is 11.4. The van der Waals surface area contributed by atoms with E-state index < -0.39 is 0 Å². The molecule has 2 rings (SSSR count). The predicted molar refractivity (Wildman–Crippen MR) is 63.4 cm³/mol. The Labute approximate surface area is 95.4 Å². The summed E-state index contributed by atoms with van der Waals surface area (Å²) < 4.78 is 5.02. The maximum absolute atomic E-state index is 5.56. The molecule has 5 heteroatoms. The average Bonchev–Trinajstić information content (AvgIpc) is 2.21. The third kappa shape index (κ3) is 2.74. The van der Waals surface area contributed by atoms with E-state index in [1.165, 1.54) is 25.7 Å². The number of nitrogen functional groups attached to an aromatic ring is 1. The number of hydrogen-bond donors (Lipinski definition) is 2. The quantitative estimate of drug-likeness (QED) is 0.792. The topological polar surface area (TPSA) is 73.1 Å². The van der Waals surface area contributed by atoms with Crippen molar-refractivity contribution in [3.63, 3.8) is 0 Å². The van der Waals surface area contributed by atoms with Gasteiger partial charge >= 0.3 is 0 Å². The van der Waals surface area contributed by atoms with Crippen LogP contribution in [0.1, 0.15) is 25.7 Å². The Kier molecular flexibility index (Phi) is 3.44. The minimum absolute atomic E-state index is 0.241. The average molecular weight is 222 g/mol. The molecule has 1 heterocycles. The van der Waals surface area contributed by atoms with E-state index in [-0.39, 0.29) is 5.95 Å². The van der Waals surface area contributed by atoms with Crippen molar-refractivity contribution in [1.82, 2.24) is 9.97 Å². The lowest BCUT2D eigenvalue weighted by atomic mass is 9.83. The van der Waals surface area contributed by atoms with E-state index in [9.17, 15) is 0 Å². The lowest BCUT2D eigenvalue weighted by molar-refractivity contribution is 0.303. The molecule has 16 heavy (non-hydrogen) atoms. The van der Waals surface area contributed by atoms with Crippen molar-refractivity contribution in [2.75, 3.05) is 24.7 Å². The number of aromatic nitrogens is 2. The molecule has 3 N–H and O–H groups in total. The number of hydrogen-bond acceptors (Lipinski definition) is 5. The molecule has 5 nitrogen and oxygen atoms in total. The molecule has 0 bridgehead atoms. The Balaban J connectivity index is 1.84. The molecule has 0 saturated heterocycles. The SMILES string of the molecule is COc1cc(NCCC2CCC2)nc(N)n1. The summed E-state index contributed by atoms with van der Waals surface area (Å²) >= 11 is 0. The molecule has 1 saturated carbocycles. The molecule has 0 unspecified atom stereocenters. The summed E-state index contributed by atoms with van der Waals surface area (Å²) in [6.07, 6.45) is 5.33. The van der Waals surface area contributed by atoms with Crippen LogP contribution in [-0.4, -0.2) is 23.6 Å². The number of nitrogens with two attached hydrogens (primary N) is 1. The summed E-state index contributed by atoms with van der Waals surface area (Å²) in [5.74, 6) is 2.38. The zero-order valence-corrected chi connectivity index (χ0v) is 9.57. The van der Waals surface area contributed by atoms with Gasteiger partial charge in [-0.15, -0.1) is 0 Å². The molecule has 0 spiro atoms. The number of methoxy groups -OCH3 is 1. The number of ether oxygens (including phenoxy) is 1. The second-order valence-electron chi connectivity index (χ2n) is 4.17. The molecular weight excluding hydrogens is 204 g/mol. The third-order valence-electron chi connectivity index (χ3n) is 3.01. The summed E-state index contributed by atoms with van der Waals surface area (Å²) in [5, 5.41) is 3.25. The molecule has 1 aromatic heterocycles. The molecule has 1 fully saturated rings. The van der Waals surface area contributed by atoms with Gasteiger partial charge in [-0.2, -0.15) is 9.97 Å². The van der Waals surface area contributed by atoms with Gasteiger partial charge in [-0.05, 0) is 12.3 Å². The minimum Gasteiger partial charge on any atom is -0.481 e. The van der Waals surface area contributed by atoms with Crippen molar-refractivity contribution >= 4 is 11.8 Å². The Morgan fingerprint density at radius 3 is 2.94 bits per heavy atom. The van der Waals surface area contributed by atoms with Crippen molar-refractivity contribution in [2.45, 2.75) is 25.7 Å². The van der Waals surface area contributed by atoms with Gasteiger partial charge in [0.2, 0.25) is 11.8 Å². The fourth-order valence-electron chi connectivity index (χ4n) is 1.82. The van der Waals surface area contributed by atoms with Crippen molar-refractivity contribution in [2.24, 2.45) is 5.92 Å². The molecule has 0 aliphatic heterocycles. The standard InChI is InChI=1S/C11H18N4O/c1-16-10-7-9(14-11(12)15-10)13-6-5-8-3-2-4-8/h7-8H,2-6H2,1H3,(H3,12,13,14,15). The van der Waals surface area contributed by atoms with Crippen LogP contribution in [0.4, 0.5) is 11.8 Å². The molecule has 0 atom stereocenters. The van der Waals surface area contributed by atoms with Crippen LogP contribution in [0.15, 0.2) is 6.07 Å². The van der Waals surface area contributed by atoms with E-state index >= 15 is 0 Å². The number of rotatable bonds is 5. The van der Waals surface area contributed by atoms with Crippen LogP contribution in [0.25, 0.3) is 0 Å². The lowest BCUT2D eigenvalue weighted by Gasteiger charge is -2.25.